The highest BCUT2D eigenvalue weighted by Gasteiger charge is 2.26. The Balaban J connectivity index is 1.34. The number of amides is 2. The Bertz CT molecular complexity index is 923. The van der Waals surface area contributed by atoms with Gasteiger partial charge in [-0.25, -0.2) is 4.98 Å². The van der Waals surface area contributed by atoms with Crippen molar-refractivity contribution in [1.82, 2.24) is 15.2 Å². The first-order chi connectivity index (χ1) is 14.6. The second-order valence-corrected chi connectivity index (χ2v) is 7.58. The number of benzene rings is 1. The molecule has 4 rings (SSSR count). The molecule has 0 radical (unpaired) electrons. The fourth-order valence-electron chi connectivity index (χ4n) is 3.82. The maximum Gasteiger partial charge on any atom is 0.269 e. The van der Waals surface area contributed by atoms with Crippen molar-refractivity contribution in [3.63, 3.8) is 0 Å². The average molecular weight is 409 g/mol. The predicted molar refractivity (Wildman–Crippen MR) is 115 cm³/mol. The molecule has 2 amide bonds. The highest BCUT2D eigenvalue weighted by Crippen LogP contribution is 2.31. The average Bonchev–Trinajstić information content (AvgIpc) is 2.78. The summed E-state index contributed by atoms with van der Waals surface area (Å²) in [5.41, 5.74) is 3.36. The summed E-state index contributed by atoms with van der Waals surface area (Å²) in [6.45, 7) is 6.40. The molecule has 2 aliphatic heterocycles. The van der Waals surface area contributed by atoms with Gasteiger partial charge in [-0.05, 0) is 36.2 Å². The van der Waals surface area contributed by atoms with Gasteiger partial charge in [0.25, 0.3) is 11.8 Å². The lowest BCUT2D eigenvalue weighted by Gasteiger charge is -2.36. The quantitative estimate of drug-likeness (QED) is 0.784. The van der Waals surface area contributed by atoms with Crippen molar-refractivity contribution < 1.29 is 14.3 Å². The van der Waals surface area contributed by atoms with E-state index in [0.29, 0.717) is 12.1 Å². The van der Waals surface area contributed by atoms with E-state index in [-0.39, 0.29) is 11.8 Å². The lowest BCUT2D eigenvalue weighted by molar-refractivity contribution is -0.123. The first kappa shape index (κ1) is 20.2. The molecule has 0 saturated carbocycles. The van der Waals surface area contributed by atoms with Gasteiger partial charge in [0.15, 0.2) is 6.10 Å². The lowest BCUT2D eigenvalue weighted by Crippen LogP contribution is -2.46. The number of fused-ring (bicyclic) bond motifs is 1. The van der Waals surface area contributed by atoms with Gasteiger partial charge in [0.2, 0.25) is 0 Å². The van der Waals surface area contributed by atoms with Crippen LogP contribution in [-0.4, -0.2) is 61.0 Å². The smallest absolute Gasteiger partial charge is 0.269 e. The van der Waals surface area contributed by atoms with E-state index in [4.69, 9.17) is 4.74 Å². The molecule has 2 aromatic rings. The summed E-state index contributed by atoms with van der Waals surface area (Å²) < 4.78 is 5.77. The van der Waals surface area contributed by atoms with E-state index < -0.39 is 6.10 Å². The lowest BCUT2D eigenvalue weighted by atomic mass is 10.1. The summed E-state index contributed by atoms with van der Waals surface area (Å²) in [5.74, 6) is 0.484. The molecule has 8 nitrogen and oxygen atoms in total. The summed E-state index contributed by atoms with van der Waals surface area (Å²) in [5, 5.41) is 5.54. The summed E-state index contributed by atoms with van der Waals surface area (Å²) >= 11 is 0. The molecular formula is C22H27N5O3. The molecule has 0 spiro atoms. The predicted octanol–water partition coefficient (Wildman–Crippen LogP) is 1.87. The molecule has 8 heteroatoms. The van der Waals surface area contributed by atoms with Crippen LogP contribution in [0.1, 0.15) is 29.4 Å². The second-order valence-electron chi connectivity index (χ2n) is 7.58. The summed E-state index contributed by atoms with van der Waals surface area (Å²) in [6, 6.07) is 9.72. The van der Waals surface area contributed by atoms with Gasteiger partial charge < -0.3 is 20.3 Å². The molecule has 1 fully saturated rings. The minimum Gasteiger partial charge on any atom is -0.478 e. The van der Waals surface area contributed by atoms with Crippen LogP contribution in [0.2, 0.25) is 0 Å². The largest absolute Gasteiger partial charge is 0.478 e. The molecule has 0 aliphatic carbocycles. The van der Waals surface area contributed by atoms with Crippen molar-refractivity contribution in [2.75, 3.05) is 43.4 Å². The van der Waals surface area contributed by atoms with Crippen LogP contribution in [-0.2, 0) is 11.3 Å². The number of ether oxygens (including phenoxy) is 1. The van der Waals surface area contributed by atoms with E-state index >= 15 is 0 Å². The molecule has 1 aromatic carbocycles. The third kappa shape index (κ3) is 4.23. The van der Waals surface area contributed by atoms with Crippen molar-refractivity contribution in [1.29, 1.82) is 0 Å². The molecule has 2 N–H and O–H groups in total. The van der Waals surface area contributed by atoms with Gasteiger partial charge >= 0.3 is 0 Å². The molecule has 158 valence electrons. The second kappa shape index (κ2) is 8.71. The Labute approximate surface area is 176 Å². The van der Waals surface area contributed by atoms with Gasteiger partial charge in [0.05, 0.1) is 17.6 Å². The number of nitrogens with one attached hydrogen (secondary N) is 2. The molecule has 1 aromatic heterocycles. The van der Waals surface area contributed by atoms with Gasteiger partial charge in [0.1, 0.15) is 11.4 Å². The molecule has 1 atom stereocenters. The molecule has 0 bridgehead atoms. The van der Waals surface area contributed by atoms with Crippen LogP contribution in [0, 0.1) is 0 Å². The van der Waals surface area contributed by atoms with Crippen molar-refractivity contribution >= 4 is 23.2 Å². The zero-order valence-corrected chi connectivity index (χ0v) is 17.4. The third-order valence-corrected chi connectivity index (χ3v) is 5.59. The molecule has 2 aliphatic rings. The Morgan fingerprint density at radius 3 is 2.70 bits per heavy atom. The van der Waals surface area contributed by atoms with Crippen LogP contribution in [0.15, 0.2) is 36.5 Å². The van der Waals surface area contributed by atoms with Gasteiger partial charge in [-0.1, -0.05) is 13.0 Å². The number of anilines is 2. The van der Waals surface area contributed by atoms with Crippen molar-refractivity contribution in [2.45, 2.75) is 26.0 Å². The maximum atomic E-state index is 12.1. The molecule has 1 saturated heterocycles. The maximum absolute atomic E-state index is 12.1. The summed E-state index contributed by atoms with van der Waals surface area (Å²) in [6.07, 6.45) is 2.01. The fraction of sp³-hybridized carbons (Fsp3) is 0.409. The standard InChI is InChI=1S/C22H27N5O3/c1-3-19-22(29)25-18-12-15(4-7-20(18)30-19)14-26-8-10-27(11-9-26)16-5-6-17(24-13-16)21(28)23-2/h4-7,12-13,19H,3,8-11,14H2,1-2H3,(H,23,28)(H,25,29). The Morgan fingerprint density at radius 1 is 1.23 bits per heavy atom. The molecule has 30 heavy (non-hydrogen) atoms. The normalized spacial score (nSPS) is 18.9. The van der Waals surface area contributed by atoms with E-state index in [9.17, 15) is 9.59 Å². The fourth-order valence-corrected chi connectivity index (χ4v) is 3.82. The molecule has 3 heterocycles. The van der Waals surface area contributed by atoms with Gasteiger partial charge in [0, 0.05) is 39.8 Å². The van der Waals surface area contributed by atoms with Gasteiger partial charge in [-0.2, -0.15) is 0 Å². The number of pyridine rings is 1. The van der Waals surface area contributed by atoms with Crippen LogP contribution < -0.4 is 20.3 Å². The Morgan fingerprint density at radius 2 is 2.03 bits per heavy atom. The summed E-state index contributed by atoms with van der Waals surface area (Å²) in [7, 11) is 1.60. The summed E-state index contributed by atoms with van der Waals surface area (Å²) in [4.78, 5) is 32.6. The highest BCUT2D eigenvalue weighted by atomic mass is 16.5. The number of hydrogen-bond donors (Lipinski definition) is 2. The Kier molecular flexibility index (Phi) is 5.85. The van der Waals surface area contributed by atoms with E-state index in [1.165, 1.54) is 0 Å². The van der Waals surface area contributed by atoms with Crippen molar-refractivity contribution in [3.8, 4) is 5.75 Å². The number of carbonyl (C=O) groups excluding carboxylic acids is 2. The van der Waals surface area contributed by atoms with Crippen LogP contribution in [0.25, 0.3) is 0 Å². The highest BCUT2D eigenvalue weighted by molar-refractivity contribution is 5.97. The number of piperazine rings is 1. The van der Waals surface area contributed by atoms with Crippen molar-refractivity contribution in [2.24, 2.45) is 0 Å². The SMILES string of the molecule is CCC1Oc2ccc(CN3CCN(c4ccc(C(=O)NC)nc4)CC3)cc2NC1=O. The van der Waals surface area contributed by atoms with E-state index in [1.54, 1.807) is 19.3 Å². The van der Waals surface area contributed by atoms with E-state index in [1.807, 2.05) is 25.1 Å². The van der Waals surface area contributed by atoms with Gasteiger partial charge in [-0.15, -0.1) is 0 Å². The number of rotatable bonds is 5. The van der Waals surface area contributed by atoms with Gasteiger partial charge in [-0.3, -0.25) is 14.5 Å². The monoisotopic (exact) mass is 409 g/mol. The van der Waals surface area contributed by atoms with Crippen molar-refractivity contribution in [3.05, 3.63) is 47.8 Å². The zero-order valence-electron chi connectivity index (χ0n) is 17.4. The van der Waals surface area contributed by atoms with Crippen LogP contribution in [0.4, 0.5) is 11.4 Å². The number of nitrogens with zero attached hydrogens (tertiary/aromatic N) is 3. The van der Waals surface area contributed by atoms with E-state index in [2.05, 4.69) is 31.5 Å². The first-order valence-electron chi connectivity index (χ1n) is 10.3. The minimum absolute atomic E-state index is 0.0770. The van der Waals surface area contributed by atoms with Crippen LogP contribution in [0.5, 0.6) is 5.75 Å². The van der Waals surface area contributed by atoms with Crippen LogP contribution in [0.3, 0.4) is 0 Å². The topological polar surface area (TPSA) is 86.8 Å². The minimum atomic E-state index is -0.406. The molecule has 1 unspecified atom stereocenters. The third-order valence-electron chi connectivity index (χ3n) is 5.59. The van der Waals surface area contributed by atoms with Crippen LogP contribution >= 0.6 is 0 Å². The molecular weight excluding hydrogens is 382 g/mol. The number of aromatic nitrogens is 1. The van der Waals surface area contributed by atoms with E-state index in [0.717, 1.165) is 55.4 Å². The number of hydrogen-bond acceptors (Lipinski definition) is 6. The Hall–Kier alpha value is -3.13. The zero-order chi connectivity index (χ0) is 21.1. The first-order valence-corrected chi connectivity index (χ1v) is 10.3. The number of carbonyl (C=O) groups is 2.